The van der Waals surface area contributed by atoms with E-state index >= 15 is 0 Å². The molecule has 2 heterocycles. The van der Waals surface area contributed by atoms with E-state index in [0.29, 0.717) is 0 Å². The number of carboxylic acid groups (broad SMARTS) is 1. The lowest BCUT2D eigenvalue weighted by Gasteiger charge is -2.32. The van der Waals surface area contributed by atoms with Crippen molar-refractivity contribution in [2.24, 2.45) is 5.73 Å². The number of amides is 1. The Bertz CT molecular complexity index is 684. The Balaban J connectivity index is 2.45. The molecule has 1 aromatic rings. The number of hydrogen-bond donors (Lipinski definition) is 2. The molecular formula is C10H11BrN2O7S. The summed E-state index contributed by atoms with van der Waals surface area (Å²) in [7, 11) is -4.15. The monoisotopic (exact) mass is 382 g/mol. The number of morpholine rings is 1. The number of rotatable bonds is 4. The van der Waals surface area contributed by atoms with E-state index in [9.17, 15) is 18.0 Å². The van der Waals surface area contributed by atoms with Gasteiger partial charge in [-0.05, 0) is 15.9 Å². The first-order valence-electron chi connectivity index (χ1n) is 5.66. The van der Waals surface area contributed by atoms with Gasteiger partial charge in [0.15, 0.2) is 4.67 Å². The molecule has 0 bridgehead atoms. The number of aromatic carboxylic acids is 1. The minimum atomic E-state index is -4.15. The molecule has 1 unspecified atom stereocenters. The number of sulfonamides is 1. The van der Waals surface area contributed by atoms with Crippen molar-refractivity contribution in [3.63, 3.8) is 0 Å². The molecule has 2 rings (SSSR count). The zero-order valence-electron chi connectivity index (χ0n) is 10.5. The van der Waals surface area contributed by atoms with Crippen molar-refractivity contribution in [3.8, 4) is 0 Å². The summed E-state index contributed by atoms with van der Waals surface area (Å²) in [6, 6.07) is -0.284. The topological polar surface area (TPSA) is 140 Å². The zero-order chi connectivity index (χ0) is 15.8. The van der Waals surface area contributed by atoms with Crippen LogP contribution in [0.3, 0.4) is 0 Å². The van der Waals surface area contributed by atoms with Crippen LogP contribution in [0.2, 0.25) is 0 Å². The fourth-order valence-corrected chi connectivity index (χ4v) is 4.33. The van der Waals surface area contributed by atoms with Crippen LogP contribution in [0.4, 0.5) is 0 Å². The number of carboxylic acids is 1. The number of nitrogens with two attached hydrogens (primary N) is 1. The quantitative estimate of drug-likeness (QED) is 0.722. The summed E-state index contributed by atoms with van der Waals surface area (Å²) in [5, 5.41) is 8.82. The lowest BCUT2D eigenvalue weighted by molar-refractivity contribution is -0.125. The summed E-state index contributed by atoms with van der Waals surface area (Å²) in [6.45, 7) is -0.129. The van der Waals surface area contributed by atoms with Crippen LogP contribution in [0.25, 0.3) is 0 Å². The molecule has 0 spiro atoms. The van der Waals surface area contributed by atoms with Crippen molar-refractivity contribution in [2.45, 2.75) is 10.9 Å². The van der Waals surface area contributed by atoms with Crippen LogP contribution < -0.4 is 5.73 Å². The van der Waals surface area contributed by atoms with Gasteiger partial charge in [0, 0.05) is 12.6 Å². The fraction of sp³-hybridized carbons (Fsp3) is 0.400. The fourth-order valence-electron chi connectivity index (χ4n) is 1.86. The Hall–Kier alpha value is -1.43. The van der Waals surface area contributed by atoms with Crippen LogP contribution in [-0.2, 0) is 19.6 Å². The van der Waals surface area contributed by atoms with E-state index in [2.05, 4.69) is 15.9 Å². The molecule has 116 valence electrons. The third-order valence-corrected chi connectivity index (χ3v) is 5.63. The highest BCUT2D eigenvalue weighted by Crippen LogP contribution is 2.30. The first-order chi connectivity index (χ1) is 9.75. The highest BCUT2D eigenvalue weighted by Gasteiger charge is 2.39. The van der Waals surface area contributed by atoms with Gasteiger partial charge in [-0.25, -0.2) is 13.2 Å². The Labute approximate surface area is 127 Å². The third kappa shape index (κ3) is 2.95. The van der Waals surface area contributed by atoms with Crippen LogP contribution in [-0.4, -0.2) is 55.5 Å². The summed E-state index contributed by atoms with van der Waals surface area (Å²) in [5.74, 6) is -2.80. The van der Waals surface area contributed by atoms with Gasteiger partial charge in [0.05, 0.1) is 13.2 Å². The van der Waals surface area contributed by atoms with Gasteiger partial charge < -0.3 is 20.0 Å². The van der Waals surface area contributed by atoms with E-state index in [-0.39, 0.29) is 29.3 Å². The molecule has 1 aliphatic rings. The van der Waals surface area contributed by atoms with Crippen molar-refractivity contribution in [2.75, 3.05) is 19.8 Å². The molecule has 1 saturated heterocycles. The van der Waals surface area contributed by atoms with E-state index in [1.54, 1.807) is 0 Å². The molecule has 9 nitrogen and oxygen atoms in total. The highest BCUT2D eigenvalue weighted by molar-refractivity contribution is 9.10. The highest BCUT2D eigenvalue weighted by atomic mass is 79.9. The molecule has 0 radical (unpaired) electrons. The summed E-state index contributed by atoms with van der Waals surface area (Å²) >= 11 is 2.86. The Morgan fingerprint density at radius 3 is 2.67 bits per heavy atom. The molecular weight excluding hydrogens is 372 g/mol. The smallest absolute Gasteiger partial charge is 0.371 e. The maximum atomic E-state index is 12.5. The number of hydrogen-bond acceptors (Lipinski definition) is 6. The number of carbonyl (C=O) groups excluding carboxylic acids is 1. The van der Waals surface area contributed by atoms with Crippen molar-refractivity contribution < 1.29 is 32.3 Å². The second-order valence-electron chi connectivity index (χ2n) is 4.16. The van der Waals surface area contributed by atoms with Crippen LogP contribution in [0, 0.1) is 0 Å². The molecule has 1 fully saturated rings. The van der Waals surface area contributed by atoms with E-state index in [1.807, 2.05) is 0 Å². The molecule has 0 saturated carbocycles. The van der Waals surface area contributed by atoms with Crippen LogP contribution >= 0.6 is 15.9 Å². The van der Waals surface area contributed by atoms with Crippen LogP contribution in [0.15, 0.2) is 20.0 Å². The van der Waals surface area contributed by atoms with Gasteiger partial charge in [-0.15, -0.1) is 0 Å². The lowest BCUT2D eigenvalue weighted by atomic mass is 10.3. The number of ether oxygens (including phenoxy) is 1. The Kier molecular flexibility index (Phi) is 4.37. The van der Waals surface area contributed by atoms with Gasteiger partial charge in [0.2, 0.25) is 21.7 Å². The minimum Gasteiger partial charge on any atom is -0.475 e. The first kappa shape index (κ1) is 15.9. The van der Waals surface area contributed by atoms with Crippen molar-refractivity contribution in [3.05, 3.63) is 16.5 Å². The maximum absolute atomic E-state index is 12.5. The van der Waals surface area contributed by atoms with Gasteiger partial charge in [-0.1, -0.05) is 0 Å². The molecule has 11 heteroatoms. The number of furan rings is 1. The van der Waals surface area contributed by atoms with Crippen molar-refractivity contribution >= 4 is 37.8 Å². The molecule has 3 N–H and O–H groups in total. The molecule has 1 amide bonds. The van der Waals surface area contributed by atoms with E-state index in [4.69, 9.17) is 20.0 Å². The van der Waals surface area contributed by atoms with E-state index in [1.165, 1.54) is 0 Å². The molecule has 1 aliphatic heterocycles. The van der Waals surface area contributed by atoms with Gasteiger partial charge in [0.1, 0.15) is 10.9 Å². The summed E-state index contributed by atoms with van der Waals surface area (Å²) < 4.78 is 35.6. The summed E-state index contributed by atoms with van der Waals surface area (Å²) in [4.78, 5) is 21.8. The predicted molar refractivity (Wildman–Crippen MR) is 71.1 cm³/mol. The number of nitrogens with zero attached hydrogens (tertiary/aromatic N) is 1. The average molecular weight is 383 g/mol. The molecule has 21 heavy (non-hydrogen) atoms. The Morgan fingerprint density at radius 1 is 1.48 bits per heavy atom. The third-order valence-electron chi connectivity index (χ3n) is 2.86. The van der Waals surface area contributed by atoms with E-state index in [0.717, 1.165) is 10.4 Å². The molecule has 1 aromatic heterocycles. The van der Waals surface area contributed by atoms with E-state index < -0.39 is 33.7 Å². The standard InChI is InChI=1S/C10H11BrN2O7S/c11-8-7(3-6(20-8)10(15)16)21(17,18)13-1-2-19-4-5(13)9(12)14/h3,5H,1-2,4H2,(H2,12,14)(H,15,16). The summed E-state index contributed by atoms with van der Waals surface area (Å²) in [6.07, 6.45) is 0. The Morgan fingerprint density at radius 2 is 2.14 bits per heavy atom. The largest absolute Gasteiger partial charge is 0.475 e. The minimum absolute atomic E-state index is 0.0734. The summed E-state index contributed by atoms with van der Waals surface area (Å²) in [5.41, 5.74) is 5.17. The van der Waals surface area contributed by atoms with Gasteiger partial charge in [0.25, 0.3) is 0 Å². The molecule has 1 atom stereocenters. The second-order valence-corrected chi connectivity index (χ2v) is 6.74. The SMILES string of the molecule is NC(=O)C1COCCN1S(=O)(=O)c1cc(C(=O)O)oc1Br. The van der Waals surface area contributed by atoms with Crippen molar-refractivity contribution in [1.29, 1.82) is 0 Å². The molecule has 0 aromatic carbocycles. The lowest BCUT2D eigenvalue weighted by Crippen LogP contribution is -2.54. The average Bonchev–Trinajstić information content (AvgIpc) is 2.81. The van der Waals surface area contributed by atoms with Crippen LogP contribution in [0.5, 0.6) is 0 Å². The maximum Gasteiger partial charge on any atom is 0.371 e. The normalized spacial score (nSPS) is 20.3. The molecule has 0 aliphatic carbocycles. The first-order valence-corrected chi connectivity index (χ1v) is 7.90. The van der Waals surface area contributed by atoms with Gasteiger partial charge >= 0.3 is 5.97 Å². The van der Waals surface area contributed by atoms with Crippen molar-refractivity contribution in [1.82, 2.24) is 4.31 Å². The number of halogens is 1. The zero-order valence-corrected chi connectivity index (χ0v) is 12.9. The van der Waals surface area contributed by atoms with Gasteiger partial charge in [-0.2, -0.15) is 4.31 Å². The number of primary amides is 1. The second kappa shape index (κ2) is 5.75. The van der Waals surface area contributed by atoms with Crippen LogP contribution in [0.1, 0.15) is 10.6 Å². The predicted octanol–water partition coefficient (Wildman–Crippen LogP) is -0.385. The number of carbonyl (C=O) groups is 2. The van der Waals surface area contributed by atoms with Gasteiger partial charge in [-0.3, -0.25) is 4.79 Å².